The van der Waals surface area contributed by atoms with Gasteiger partial charge < -0.3 is 4.74 Å². The summed E-state index contributed by atoms with van der Waals surface area (Å²) >= 11 is 4.90. The quantitative estimate of drug-likeness (QED) is 0.645. The maximum atomic E-state index is 10.8. The van der Waals surface area contributed by atoms with E-state index >= 15 is 0 Å². The largest absolute Gasteiger partial charge is 0.469 e. The molecule has 2 nitrogen and oxygen atoms in total. The first kappa shape index (κ1) is 9.07. The Morgan fingerprint density at radius 1 is 1.42 bits per heavy atom. The molecule has 0 saturated carbocycles. The van der Waals surface area contributed by atoms with Crippen molar-refractivity contribution >= 4 is 5.97 Å². The molecular weight excluding hydrogens is 176 g/mol. The lowest BCUT2D eigenvalue weighted by Crippen LogP contribution is -2.03. The Morgan fingerprint density at radius 3 is 2.50 bits per heavy atom. The number of hydrogen-bond donors (Lipinski definition) is 0. The van der Waals surface area contributed by atoms with Crippen molar-refractivity contribution in [3.63, 3.8) is 0 Å². The molecule has 0 bridgehead atoms. The molecule has 0 atom stereocenters. The minimum absolute atomic E-state index is 0.230. The Morgan fingerprint density at radius 2 is 2.00 bits per heavy atom. The number of methoxy groups -OCH3 is 1. The smallest absolute Gasteiger partial charge is 0.309 e. The molecule has 0 fully saturated rings. The van der Waals surface area contributed by atoms with E-state index in [2.05, 4.69) is 4.74 Å². The van der Waals surface area contributed by atoms with Gasteiger partial charge in [0.2, 0.25) is 5.02 Å². The number of ether oxygens (including phenoxy) is 1. The van der Waals surface area contributed by atoms with Crippen molar-refractivity contribution in [3.8, 4) is 0 Å². The van der Waals surface area contributed by atoms with Gasteiger partial charge in [-0.1, -0.05) is 12.1 Å². The summed E-state index contributed by atoms with van der Waals surface area (Å²) < 4.78 is 4.52. The first-order valence-electron chi connectivity index (χ1n) is 3.55. The Balaban J connectivity index is 2.64. The predicted octanol–water partition coefficient (Wildman–Crippen LogP) is 1.10. The third-order valence-electron chi connectivity index (χ3n) is 1.50. The fourth-order valence-electron chi connectivity index (χ4n) is 0.846. The summed E-state index contributed by atoms with van der Waals surface area (Å²) in [6.07, 6.45) is 0.312. The highest BCUT2D eigenvalue weighted by atomic mass is 35.5. The van der Waals surface area contributed by atoms with E-state index in [1.165, 1.54) is 7.11 Å². The van der Waals surface area contributed by atoms with E-state index in [1.807, 2.05) is 12.1 Å². The second kappa shape index (κ2) is 4.12. The van der Waals surface area contributed by atoms with Crippen molar-refractivity contribution in [1.29, 1.82) is 0 Å². The van der Waals surface area contributed by atoms with Crippen molar-refractivity contribution in [2.24, 2.45) is 0 Å². The molecule has 0 N–H and O–H groups in total. The molecule has 0 aliphatic carbocycles. The fourth-order valence-corrected chi connectivity index (χ4v) is 0.982. The summed E-state index contributed by atoms with van der Waals surface area (Å²) in [5, 5.41) is 0.781. The van der Waals surface area contributed by atoms with Crippen molar-refractivity contribution in [2.45, 2.75) is 6.42 Å². The lowest BCUT2D eigenvalue weighted by Gasteiger charge is -1.97. The Kier molecular flexibility index (Phi) is 3.11. The molecule has 0 heterocycles. The molecule has 1 rings (SSSR count). The zero-order valence-electron chi connectivity index (χ0n) is 6.74. The average Bonchev–Trinajstić information content (AvgIpc) is 2.09. The van der Waals surface area contributed by atoms with E-state index < -0.39 is 0 Å². The second-order valence-corrected chi connectivity index (χ2v) is 2.87. The van der Waals surface area contributed by atoms with Crippen LogP contribution in [-0.2, 0) is 16.0 Å². The number of rotatable bonds is 2. The molecule has 0 aliphatic rings. The molecule has 0 saturated heterocycles. The SMILES string of the molecule is COC(=O)Cc1ccc([ClH+])cc1. The van der Waals surface area contributed by atoms with Crippen LogP contribution in [0.15, 0.2) is 24.3 Å². The molecule has 0 aliphatic heterocycles. The van der Waals surface area contributed by atoms with E-state index in [9.17, 15) is 4.79 Å². The molecule has 0 amide bonds. The Bertz CT molecular complexity index is 266. The Hall–Kier alpha value is -1.02. The normalized spacial score (nSPS) is 9.50. The molecular formula is C9H10ClO2+. The molecule has 0 spiro atoms. The third-order valence-corrected chi connectivity index (χ3v) is 1.77. The summed E-state index contributed by atoms with van der Waals surface area (Å²) in [7, 11) is 1.38. The van der Waals surface area contributed by atoms with Gasteiger partial charge in [0.25, 0.3) is 0 Å². The van der Waals surface area contributed by atoms with Crippen LogP contribution in [0.5, 0.6) is 0 Å². The summed E-state index contributed by atoms with van der Waals surface area (Å²) in [5.74, 6) is -0.230. The first-order valence-corrected chi connectivity index (χ1v) is 3.96. The minimum Gasteiger partial charge on any atom is -0.469 e. The molecule has 0 radical (unpaired) electrons. The molecule has 12 heavy (non-hydrogen) atoms. The molecule has 0 unspecified atom stereocenters. The zero-order valence-corrected chi connectivity index (χ0v) is 7.56. The topological polar surface area (TPSA) is 26.3 Å². The zero-order chi connectivity index (χ0) is 8.97. The van der Waals surface area contributed by atoms with Gasteiger partial charge in [-0.05, 0) is 5.56 Å². The van der Waals surface area contributed by atoms with Gasteiger partial charge in [0.1, 0.15) is 0 Å². The molecule has 1 aromatic carbocycles. The van der Waals surface area contributed by atoms with Crippen LogP contribution >= 0.6 is 0 Å². The van der Waals surface area contributed by atoms with Gasteiger partial charge >= 0.3 is 5.97 Å². The summed E-state index contributed by atoms with van der Waals surface area (Å²) in [4.78, 5) is 10.8. The first-order chi connectivity index (χ1) is 5.72. The van der Waals surface area contributed by atoms with Crippen LogP contribution in [0.2, 0.25) is 5.02 Å². The summed E-state index contributed by atoms with van der Waals surface area (Å²) in [6, 6.07) is 7.26. The highest BCUT2D eigenvalue weighted by molar-refractivity contribution is 5.72. The second-order valence-electron chi connectivity index (χ2n) is 2.40. The number of halogens is 1. The van der Waals surface area contributed by atoms with Crippen molar-refractivity contribution in [3.05, 3.63) is 34.9 Å². The van der Waals surface area contributed by atoms with Gasteiger partial charge in [0, 0.05) is 12.1 Å². The van der Waals surface area contributed by atoms with Crippen LogP contribution in [0.4, 0.5) is 0 Å². The van der Waals surface area contributed by atoms with E-state index in [0.717, 1.165) is 10.6 Å². The Labute approximate surface area is 76.1 Å². The van der Waals surface area contributed by atoms with Crippen molar-refractivity contribution < 1.29 is 21.1 Å². The monoisotopic (exact) mass is 185 g/mol. The van der Waals surface area contributed by atoms with E-state index in [1.54, 1.807) is 12.1 Å². The highest BCUT2D eigenvalue weighted by Crippen LogP contribution is 2.05. The van der Waals surface area contributed by atoms with Gasteiger partial charge in [-0.15, -0.1) is 0 Å². The van der Waals surface area contributed by atoms with Crippen LogP contribution in [0.25, 0.3) is 0 Å². The van der Waals surface area contributed by atoms with Crippen molar-refractivity contribution in [1.82, 2.24) is 0 Å². The van der Waals surface area contributed by atoms with Crippen LogP contribution < -0.4 is 0 Å². The fraction of sp³-hybridized carbons (Fsp3) is 0.222. The standard InChI is InChI=1S/C9H10ClO2/c1-12-9(11)6-7-2-4-8(10)5-3-7/h2-5,10H,6H2,1H3/q+1. The summed E-state index contributed by atoms with van der Waals surface area (Å²) in [5.41, 5.74) is 0.926. The van der Waals surface area contributed by atoms with Gasteiger partial charge in [-0.3, -0.25) is 4.79 Å². The van der Waals surface area contributed by atoms with Crippen LogP contribution in [0.1, 0.15) is 5.56 Å². The maximum Gasteiger partial charge on any atom is 0.309 e. The lowest BCUT2D eigenvalue weighted by atomic mass is 10.2. The molecule has 3 heteroatoms. The molecule has 1 aromatic rings. The predicted molar refractivity (Wildman–Crippen MR) is 42.7 cm³/mol. The molecule has 0 aromatic heterocycles. The van der Waals surface area contributed by atoms with Gasteiger partial charge in [0.05, 0.1) is 13.5 Å². The molecule has 64 valence electrons. The van der Waals surface area contributed by atoms with E-state index in [0.29, 0.717) is 6.42 Å². The van der Waals surface area contributed by atoms with Crippen LogP contribution in [-0.4, -0.2) is 13.1 Å². The number of carbonyl (C=O) groups excluding carboxylic acids is 1. The van der Waals surface area contributed by atoms with Gasteiger partial charge in [-0.25, -0.2) is 0 Å². The van der Waals surface area contributed by atoms with Crippen molar-refractivity contribution in [2.75, 3.05) is 7.11 Å². The number of carbonyl (C=O) groups is 1. The van der Waals surface area contributed by atoms with Gasteiger partial charge in [0.15, 0.2) is 11.6 Å². The van der Waals surface area contributed by atoms with E-state index in [-0.39, 0.29) is 5.97 Å². The van der Waals surface area contributed by atoms with Crippen LogP contribution in [0.3, 0.4) is 0 Å². The summed E-state index contributed by atoms with van der Waals surface area (Å²) in [6.45, 7) is 0. The number of hydrogen-bond acceptors (Lipinski definition) is 2. The van der Waals surface area contributed by atoms with Gasteiger partial charge in [-0.2, -0.15) is 0 Å². The third kappa shape index (κ3) is 2.55. The number of esters is 1. The maximum absolute atomic E-state index is 10.8. The minimum atomic E-state index is -0.230. The number of benzene rings is 1. The highest BCUT2D eigenvalue weighted by Gasteiger charge is 2.02. The van der Waals surface area contributed by atoms with E-state index in [4.69, 9.17) is 11.6 Å². The average molecular weight is 186 g/mol. The van der Waals surface area contributed by atoms with Crippen LogP contribution in [0, 0.1) is 11.6 Å². The lowest BCUT2D eigenvalue weighted by molar-refractivity contribution is -0.288.